The van der Waals surface area contributed by atoms with Crippen molar-refractivity contribution in [2.75, 3.05) is 24.9 Å². The van der Waals surface area contributed by atoms with Gasteiger partial charge in [-0.05, 0) is 40.5 Å². The van der Waals surface area contributed by atoms with Gasteiger partial charge in [0, 0.05) is 12.3 Å². The van der Waals surface area contributed by atoms with Gasteiger partial charge in [-0.2, -0.15) is 5.10 Å². The molecule has 0 saturated carbocycles. The summed E-state index contributed by atoms with van der Waals surface area (Å²) in [6.45, 7) is 2.65. The minimum absolute atomic E-state index is 0.423. The molecule has 0 fully saturated rings. The minimum atomic E-state index is -0.437. The van der Waals surface area contributed by atoms with E-state index in [2.05, 4.69) is 37.7 Å². The molecule has 3 rings (SSSR count). The van der Waals surface area contributed by atoms with Gasteiger partial charge in [-0.3, -0.25) is 10.00 Å². The lowest BCUT2D eigenvalue weighted by Gasteiger charge is -2.12. The molecule has 0 spiro atoms. The minimum Gasteiger partial charge on any atom is -0.497 e. The summed E-state index contributed by atoms with van der Waals surface area (Å²) in [4.78, 5) is 12.4. The highest BCUT2D eigenvalue weighted by atomic mass is 79.9. The average molecular weight is 445 g/mol. The summed E-state index contributed by atoms with van der Waals surface area (Å²) in [5.41, 5.74) is 2.82. The van der Waals surface area contributed by atoms with Crippen molar-refractivity contribution >= 4 is 33.5 Å². The predicted molar refractivity (Wildman–Crippen MR) is 112 cm³/mol. The van der Waals surface area contributed by atoms with Crippen molar-refractivity contribution in [2.24, 2.45) is 0 Å². The average Bonchev–Trinajstić information content (AvgIpc) is 3.00. The molecule has 2 amide bonds. The lowest BCUT2D eigenvalue weighted by Crippen LogP contribution is -2.20. The maximum Gasteiger partial charge on any atom is 0.325 e. The number of anilines is 2. The first kappa shape index (κ1) is 19.8. The number of methoxy groups -OCH3 is 2. The van der Waals surface area contributed by atoms with Gasteiger partial charge in [0.25, 0.3) is 0 Å². The molecule has 146 valence electrons. The Bertz CT molecular complexity index is 987. The Morgan fingerprint density at radius 3 is 2.68 bits per heavy atom. The van der Waals surface area contributed by atoms with Gasteiger partial charge in [0.15, 0.2) is 5.82 Å². The molecule has 2 aromatic carbocycles. The van der Waals surface area contributed by atoms with Crippen LogP contribution in [0, 0.1) is 6.92 Å². The molecule has 0 saturated heterocycles. The van der Waals surface area contributed by atoms with Crippen LogP contribution < -0.4 is 20.1 Å². The number of aromatic nitrogens is 2. The number of halogens is 1. The van der Waals surface area contributed by atoms with Gasteiger partial charge in [-0.25, -0.2) is 4.79 Å². The zero-order chi connectivity index (χ0) is 20.1. The van der Waals surface area contributed by atoms with Crippen LogP contribution in [0.25, 0.3) is 0 Å². The summed E-state index contributed by atoms with van der Waals surface area (Å²) in [5, 5.41) is 9.93. The van der Waals surface area contributed by atoms with Gasteiger partial charge in [0.2, 0.25) is 0 Å². The number of hydrogen-bond acceptors (Lipinski definition) is 4. The summed E-state index contributed by atoms with van der Waals surface area (Å²) in [5.74, 6) is 1.56. The Balaban J connectivity index is 1.70. The van der Waals surface area contributed by atoms with E-state index >= 15 is 0 Å². The van der Waals surface area contributed by atoms with Gasteiger partial charge in [0.05, 0.1) is 30.9 Å². The maximum atomic E-state index is 12.4. The topological polar surface area (TPSA) is 77.4 Å². The Hall–Kier alpha value is -3.00. The van der Waals surface area contributed by atoms with Gasteiger partial charge in [-0.15, -0.1) is 0 Å². The Labute approximate surface area is 171 Å². The number of hydrogen-bond donors (Lipinski definition) is 2. The van der Waals surface area contributed by atoms with Gasteiger partial charge >= 0.3 is 6.03 Å². The predicted octanol–water partition coefficient (Wildman–Crippen LogP) is 4.66. The van der Waals surface area contributed by atoms with Crippen molar-refractivity contribution in [3.8, 4) is 11.5 Å². The summed E-state index contributed by atoms with van der Waals surface area (Å²) in [6.07, 6.45) is 1.82. The number of nitrogens with one attached hydrogen (secondary N) is 2. The molecule has 8 heteroatoms. The molecule has 3 aromatic rings. The summed E-state index contributed by atoms with van der Waals surface area (Å²) in [7, 11) is 3.10. The molecular formula is C20H21BrN4O3. The van der Waals surface area contributed by atoms with Crippen molar-refractivity contribution in [1.29, 1.82) is 0 Å². The second-order valence-corrected chi connectivity index (χ2v) is 7.01. The normalized spacial score (nSPS) is 10.4. The molecule has 0 aliphatic carbocycles. The molecule has 7 nitrogen and oxygen atoms in total. The van der Waals surface area contributed by atoms with E-state index in [4.69, 9.17) is 9.47 Å². The summed E-state index contributed by atoms with van der Waals surface area (Å²) in [6, 6.07) is 12.9. The van der Waals surface area contributed by atoms with E-state index in [0.29, 0.717) is 34.0 Å². The fourth-order valence-corrected chi connectivity index (χ4v) is 3.15. The zero-order valence-corrected chi connectivity index (χ0v) is 17.4. The van der Waals surface area contributed by atoms with E-state index in [-0.39, 0.29) is 0 Å². The number of amides is 2. The number of urea groups is 1. The Morgan fingerprint density at radius 2 is 1.96 bits per heavy atom. The number of ether oxygens (including phenoxy) is 2. The first-order valence-electron chi connectivity index (χ1n) is 8.57. The van der Waals surface area contributed by atoms with Crippen molar-refractivity contribution in [2.45, 2.75) is 13.5 Å². The molecule has 0 aliphatic rings. The summed E-state index contributed by atoms with van der Waals surface area (Å²) < 4.78 is 12.9. The van der Waals surface area contributed by atoms with Crippen molar-refractivity contribution in [3.05, 3.63) is 64.3 Å². The maximum absolute atomic E-state index is 12.4. The van der Waals surface area contributed by atoms with Crippen LogP contribution in [0.5, 0.6) is 11.5 Å². The highest BCUT2D eigenvalue weighted by molar-refractivity contribution is 9.10. The van der Waals surface area contributed by atoms with E-state index < -0.39 is 6.03 Å². The van der Waals surface area contributed by atoms with Crippen LogP contribution in [0.15, 0.2) is 53.1 Å². The molecule has 2 N–H and O–H groups in total. The van der Waals surface area contributed by atoms with E-state index in [1.165, 1.54) is 12.7 Å². The highest BCUT2D eigenvalue weighted by Crippen LogP contribution is 2.29. The number of carbonyl (C=O) groups excluding carboxylic acids is 1. The summed E-state index contributed by atoms with van der Waals surface area (Å²) >= 11 is 3.44. The van der Waals surface area contributed by atoms with Gasteiger partial charge in [0.1, 0.15) is 11.5 Å². The molecule has 0 atom stereocenters. The van der Waals surface area contributed by atoms with E-state index in [9.17, 15) is 4.79 Å². The van der Waals surface area contributed by atoms with Crippen LogP contribution >= 0.6 is 15.9 Å². The largest absolute Gasteiger partial charge is 0.497 e. The third-order valence-corrected chi connectivity index (χ3v) is 4.61. The third-order valence-electron chi connectivity index (χ3n) is 4.03. The van der Waals surface area contributed by atoms with Crippen molar-refractivity contribution in [3.63, 3.8) is 0 Å². The molecule has 28 heavy (non-hydrogen) atoms. The van der Waals surface area contributed by atoms with Crippen LogP contribution in [0.3, 0.4) is 0 Å². The number of aryl methyl sites for hydroxylation is 1. The lowest BCUT2D eigenvalue weighted by molar-refractivity contribution is 0.262. The SMILES string of the molecule is COc1ccc(OC)c(NC(=O)Nc2nn(Cc3cccc(C)c3)cc2Br)c1. The molecule has 0 aliphatic heterocycles. The van der Waals surface area contributed by atoms with Crippen LogP contribution in [-0.4, -0.2) is 30.0 Å². The van der Waals surface area contributed by atoms with Crippen LogP contribution in [-0.2, 0) is 6.54 Å². The first-order chi connectivity index (χ1) is 13.5. The second-order valence-electron chi connectivity index (χ2n) is 6.16. The van der Waals surface area contributed by atoms with Crippen LogP contribution in [0.2, 0.25) is 0 Å². The standard InChI is InChI=1S/C20H21BrN4O3/c1-13-5-4-6-14(9-13)11-25-12-16(21)19(24-25)23-20(26)22-17-10-15(27-2)7-8-18(17)28-3/h4-10,12H,11H2,1-3H3,(H2,22,23,24,26). The number of nitrogens with zero attached hydrogens (tertiary/aromatic N) is 2. The smallest absolute Gasteiger partial charge is 0.325 e. The van der Waals surface area contributed by atoms with Crippen molar-refractivity contribution in [1.82, 2.24) is 9.78 Å². The van der Waals surface area contributed by atoms with Crippen LogP contribution in [0.4, 0.5) is 16.3 Å². The number of benzene rings is 2. The Kier molecular flexibility index (Phi) is 6.20. The molecule has 0 bridgehead atoms. The van der Waals surface area contributed by atoms with Gasteiger partial charge < -0.3 is 14.8 Å². The quantitative estimate of drug-likeness (QED) is 0.579. The van der Waals surface area contributed by atoms with Gasteiger partial charge in [-0.1, -0.05) is 29.8 Å². The molecule has 1 aromatic heterocycles. The van der Waals surface area contributed by atoms with E-state index in [0.717, 1.165) is 5.56 Å². The van der Waals surface area contributed by atoms with Crippen LogP contribution in [0.1, 0.15) is 11.1 Å². The monoisotopic (exact) mass is 444 g/mol. The molecule has 0 radical (unpaired) electrons. The van der Waals surface area contributed by atoms with E-state index in [1.807, 2.05) is 31.3 Å². The fraction of sp³-hybridized carbons (Fsp3) is 0.200. The molecule has 1 heterocycles. The van der Waals surface area contributed by atoms with E-state index in [1.54, 1.807) is 30.0 Å². The Morgan fingerprint density at radius 1 is 1.14 bits per heavy atom. The first-order valence-corrected chi connectivity index (χ1v) is 9.36. The molecular weight excluding hydrogens is 424 g/mol. The van der Waals surface area contributed by atoms with Crippen molar-refractivity contribution < 1.29 is 14.3 Å². The lowest BCUT2D eigenvalue weighted by atomic mass is 10.1. The molecule has 0 unspecified atom stereocenters. The zero-order valence-electron chi connectivity index (χ0n) is 15.8. The number of carbonyl (C=O) groups is 1. The fourth-order valence-electron chi connectivity index (χ4n) is 2.73. The highest BCUT2D eigenvalue weighted by Gasteiger charge is 2.13. The third kappa shape index (κ3) is 4.83. The number of rotatable bonds is 6. The second kappa shape index (κ2) is 8.79.